The lowest BCUT2D eigenvalue weighted by atomic mass is 10.0. The van der Waals surface area contributed by atoms with Crippen LogP contribution in [0, 0.1) is 0 Å². The number of fused-ring (bicyclic) bond motifs is 1. The molecule has 3 aromatic rings. The number of rotatable bonds is 3. The fraction of sp³-hybridized carbons (Fsp3) is 0.238. The highest BCUT2D eigenvalue weighted by Crippen LogP contribution is 2.43. The lowest BCUT2D eigenvalue weighted by molar-refractivity contribution is -0.140. The number of nitrogens with one attached hydrogen (secondary N) is 1. The van der Waals surface area contributed by atoms with Crippen LogP contribution in [-0.2, 0) is 17.4 Å². The van der Waals surface area contributed by atoms with E-state index in [0.29, 0.717) is 23.6 Å². The van der Waals surface area contributed by atoms with E-state index in [2.05, 4.69) is 15.6 Å². The van der Waals surface area contributed by atoms with Gasteiger partial charge in [0.15, 0.2) is 5.84 Å². The molecule has 0 saturated carbocycles. The van der Waals surface area contributed by atoms with E-state index in [1.807, 2.05) is 12.1 Å². The van der Waals surface area contributed by atoms with Crippen LogP contribution in [-0.4, -0.2) is 17.6 Å². The fourth-order valence-corrected chi connectivity index (χ4v) is 3.55. The van der Waals surface area contributed by atoms with Gasteiger partial charge < -0.3 is 9.26 Å². The average molecular weight is 415 g/mol. The number of aryl methyl sites for hydroxylation is 1. The number of hydrogen-bond acceptors (Lipinski definition) is 6. The first kappa shape index (κ1) is 18.7. The first-order valence-electron chi connectivity index (χ1n) is 9.38. The standard InChI is InChI=1S/C21H16F3N3O3/c22-21(23,24)16-17(13-5-2-1-3-6-13)26-29-18(16)20-25-19(27-30-20)14-9-8-12-7-4-10-28-15(12)11-14/h1-3,5-6,8-9,11,20H,4,7,10H2,(H,25,27). The minimum absolute atomic E-state index is 0.293. The highest BCUT2D eigenvalue weighted by atomic mass is 19.4. The molecule has 0 aliphatic carbocycles. The summed E-state index contributed by atoms with van der Waals surface area (Å²) in [6, 6.07) is 13.6. The van der Waals surface area contributed by atoms with Gasteiger partial charge in [-0.25, -0.2) is 15.3 Å². The first-order valence-corrected chi connectivity index (χ1v) is 9.38. The van der Waals surface area contributed by atoms with Crippen LogP contribution in [0.25, 0.3) is 11.3 Å². The summed E-state index contributed by atoms with van der Waals surface area (Å²) in [7, 11) is 0. The topological polar surface area (TPSA) is 68.9 Å². The number of hydrogen-bond donors (Lipinski definition) is 1. The predicted octanol–water partition coefficient (Wildman–Crippen LogP) is 4.67. The van der Waals surface area contributed by atoms with Crippen molar-refractivity contribution in [2.75, 3.05) is 6.61 Å². The lowest BCUT2D eigenvalue weighted by Gasteiger charge is -2.17. The van der Waals surface area contributed by atoms with Crippen molar-refractivity contribution in [1.29, 1.82) is 0 Å². The van der Waals surface area contributed by atoms with Crippen LogP contribution < -0.4 is 10.2 Å². The maximum Gasteiger partial charge on any atom is 0.422 e. The second-order valence-corrected chi connectivity index (χ2v) is 6.96. The van der Waals surface area contributed by atoms with Gasteiger partial charge in [0.05, 0.1) is 6.61 Å². The number of halogens is 3. The molecule has 0 radical (unpaired) electrons. The second kappa shape index (κ2) is 7.17. The Kier molecular flexibility index (Phi) is 4.47. The zero-order valence-electron chi connectivity index (χ0n) is 15.6. The van der Waals surface area contributed by atoms with Crippen LogP contribution in [0.4, 0.5) is 13.2 Å². The molecule has 0 saturated heterocycles. The third kappa shape index (κ3) is 3.30. The van der Waals surface area contributed by atoms with Crippen molar-refractivity contribution >= 4 is 5.84 Å². The molecule has 2 aliphatic heterocycles. The second-order valence-electron chi connectivity index (χ2n) is 6.96. The molecule has 0 bridgehead atoms. The molecule has 3 heterocycles. The van der Waals surface area contributed by atoms with Gasteiger partial charge in [0.25, 0.3) is 0 Å². The van der Waals surface area contributed by atoms with E-state index in [4.69, 9.17) is 14.1 Å². The van der Waals surface area contributed by atoms with Crippen molar-refractivity contribution < 1.29 is 27.3 Å². The van der Waals surface area contributed by atoms with Gasteiger partial charge in [-0.05, 0) is 24.5 Å². The summed E-state index contributed by atoms with van der Waals surface area (Å²) in [4.78, 5) is 9.56. The van der Waals surface area contributed by atoms with Crippen LogP contribution in [0.1, 0.15) is 35.1 Å². The Morgan fingerprint density at radius 3 is 2.67 bits per heavy atom. The van der Waals surface area contributed by atoms with Crippen molar-refractivity contribution in [1.82, 2.24) is 10.6 Å². The molecule has 1 atom stereocenters. The van der Waals surface area contributed by atoms with Crippen molar-refractivity contribution in [2.24, 2.45) is 4.99 Å². The van der Waals surface area contributed by atoms with Gasteiger partial charge in [-0.3, -0.25) is 0 Å². The monoisotopic (exact) mass is 415 g/mol. The van der Waals surface area contributed by atoms with Crippen molar-refractivity contribution in [2.45, 2.75) is 25.2 Å². The van der Waals surface area contributed by atoms with E-state index in [0.717, 1.165) is 24.2 Å². The van der Waals surface area contributed by atoms with Crippen molar-refractivity contribution in [3.63, 3.8) is 0 Å². The van der Waals surface area contributed by atoms with E-state index >= 15 is 0 Å². The molecule has 0 fully saturated rings. The Morgan fingerprint density at radius 2 is 1.87 bits per heavy atom. The highest BCUT2D eigenvalue weighted by molar-refractivity contribution is 5.99. The van der Waals surface area contributed by atoms with E-state index in [1.54, 1.807) is 24.3 Å². The summed E-state index contributed by atoms with van der Waals surface area (Å²) in [5.41, 5.74) is 3.32. The van der Waals surface area contributed by atoms with E-state index in [-0.39, 0.29) is 5.69 Å². The number of hydroxylamine groups is 1. The number of aliphatic imine (C=N–C) groups is 1. The van der Waals surface area contributed by atoms with Crippen molar-refractivity contribution in [3.05, 3.63) is 71.0 Å². The normalized spacial score (nSPS) is 18.4. The summed E-state index contributed by atoms with van der Waals surface area (Å²) in [6.45, 7) is 0.630. The van der Waals surface area contributed by atoms with Gasteiger partial charge in [0.2, 0.25) is 12.0 Å². The third-order valence-electron chi connectivity index (χ3n) is 4.98. The molecule has 5 rings (SSSR count). The average Bonchev–Trinajstić information content (AvgIpc) is 3.41. The van der Waals surface area contributed by atoms with Crippen molar-refractivity contribution in [3.8, 4) is 17.0 Å². The summed E-state index contributed by atoms with van der Waals surface area (Å²) < 4.78 is 52.3. The predicted molar refractivity (Wildman–Crippen MR) is 101 cm³/mol. The zero-order chi connectivity index (χ0) is 20.7. The van der Waals surface area contributed by atoms with Gasteiger partial charge in [-0.15, -0.1) is 0 Å². The van der Waals surface area contributed by atoms with E-state index < -0.39 is 23.7 Å². The molecule has 1 N–H and O–H groups in total. The molecule has 9 heteroatoms. The quantitative estimate of drug-likeness (QED) is 0.674. The van der Waals surface area contributed by atoms with Gasteiger partial charge in [-0.2, -0.15) is 13.2 Å². The maximum atomic E-state index is 13.8. The molecule has 0 spiro atoms. The van der Waals surface area contributed by atoms with Gasteiger partial charge >= 0.3 is 6.18 Å². The molecule has 154 valence electrons. The largest absolute Gasteiger partial charge is 0.493 e. The van der Waals surface area contributed by atoms with E-state index in [9.17, 15) is 13.2 Å². The first-order chi connectivity index (χ1) is 14.5. The molecular formula is C21H16F3N3O3. The Bertz CT molecular complexity index is 1110. The van der Waals surface area contributed by atoms with Gasteiger partial charge in [-0.1, -0.05) is 47.6 Å². The molecule has 0 amide bonds. The molecule has 1 aromatic heterocycles. The zero-order valence-corrected chi connectivity index (χ0v) is 15.6. The summed E-state index contributed by atoms with van der Waals surface area (Å²) >= 11 is 0. The smallest absolute Gasteiger partial charge is 0.422 e. The molecule has 1 unspecified atom stereocenters. The molecular weight excluding hydrogens is 399 g/mol. The number of nitrogens with zero attached hydrogens (tertiary/aromatic N) is 2. The number of ether oxygens (including phenoxy) is 1. The highest BCUT2D eigenvalue weighted by Gasteiger charge is 2.44. The van der Waals surface area contributed by atoms with Crippen LogP contribution >= 0.6 is 0 Å². The Hall–Kier alpha value is -3.33. The van der Waals surface area contributed by atoms with Crippen LogP contribution in [0.2, 0.25) is 0 Å². The summed E-state index contributed by atoms with van der Waals surface area (Å²) in [6.07, 6.45) is -4.14. The SMILES string of the molecule is FC(F)(F)c1c(-c2ccccc2)noc1C1N=C(c2ccc3c(c2)OCCC3)NO1. The van der Waals surface area contributed by atoms with Gasteiger partial charge in [0.1, 0.15) is 17.0 Å². The van der Waals surface area contributed by atoms with Crippen LogP contribution in [0.5, 0.6) is 5.75 Å². The molecule has 6 nitrogen and oxygen atoms in total. The summed E-state index contributed by atoms with van der Waals surface area (Å²) in [5.74, 6) is 0.537. The number of amidine groups is 1. The lowest BCUT2D eigenvalue weighted by Crippen LogP contribution is -2.19. The third-order valence-corrected chi connectivity index (χ3v) is 4.98. The number of benzene rings is 2. The number of alkyl halides is 3. The van der Waals surface area contributed by atoms with Gasteiger partial charge in [0, 0.05) is 11.1 Å². The van der Waals surface area contributed by atoms with E-state index in [1.165, 1.54) is 12.1 Å². The van der Waals surface area contributed by atoms with Crippen LogP contribution in [0.3, 0.4) is 0 Å². The Morgan fingerprint density at radius 1 is 1.03 bits per heavy atom. The van der Waals surface area contributed by atoms with Crippen LogP contribution in [0.15, 0.2) is 58.0 Å². The maximum absolute atomic E-state index is 13.8. The molecule has 30 heavy (non-hydrogen) atoms. The molecule has 2 aromatic carbocycles. The Balaban J connectivity index is 1.51. The summed E-state index contributed by atoms with van der Waals surface area (Å²) in [5, 5.41) is 3.66. The Labute approximate surface area is 169 Å². The minimum atomic E-state index is -4.69. The number of aromatic nitrogens is 1. The minimum Gasteiger partial charge on any atom is -0.493 e. The fourth-order valence-electron chi connectivity index (χ4n) is 3.55. The molecule has 2 aliphatic rings.